The number of ether oxygens (including phenoxy) is 1. The van der Waals surface area contributed by atoms with Gasteiger partial charge in [0.05, 0.1) is 17.3 Å². The molecular formula is C14H14Br2N2O. The molecule has 0 fully saturated rings. The molecule has 0 aliphatic carbocycles. The van der Waals surface area contributed by atoms with E-state index in [4.69, 9.17) is 4.74 Å². The minimum absolute atomic E-state index is 0.185. The Morgan fingerprint density at radius 1 is 1.16 bits per heavy atom. The van der Waals surface area contributed by atoms with E-state index >= 15 is 0 Å². The number of rotatable bonds is 4. The minimum atomic E-state index is 0.185. The molecule has 2 rings (SSSR count). The number of nitrogens with one attached hydrogen (secondary N) is 1. The molecule has 1 atom stereocenters. The van der Waals surface area contributed by atoms with Gasteiger partial charge in [0, 0.05) is 29.0 Å². The number of anilines is 1. The second-order valence-corrected chi connectivity index (χ2v) is 5.82. The molecule has 5 heteroatoms. The molecule has 0 amide bonds. The van der Waals surface area contributed by atoms with Gasteiger partial charge in [-0.15, -0.1) is 0 Å². The van der Waals surface area contributed by atoms with Crippen molar-refractivity contribution in [2.24, 2.45) is 0 Å². The fourth-order valence-electron chi connectivity index (χ4n) is 1.76. The molecule has 1 heterocycles. The quantitative estimate of drug-likeness (QED) is 0.821. The van der Waals surface area contributed by atoms with E-state index in [2.05, 4.69) is 49.1 Å². The third-order valence-corrected chi connectivity index (χ3v) is 4.10. The zero-order chi connectivity index (χ0) is 13.8. The summed E-state index contributed by atoms with van der Waals surface area (Å²) < 4.78 is 7.22. The number of methoxy groups -OCH3 is 1. The van der Waals surface area contributed by atoms with Crippen LogP contribution in [0.15, 0.2) is 45.6 Å². The Balaban J connectivity index is 2.24. The summed E-state index contributed by atoms with van der Waals surface area (Å²) in [6.07, 6.45) is 3.59. The molecule has 1 N–H and O–H groups in total. The molecule has 19 heavy (non-hydrogen) atoms. The first-order chi connectivity index (χ1) is 9.11. The molecule has 1 aromatic heterocycles. The van der Waals surface area contributed by atoms with Crippen molar-refractivity contribution >= 4 is 37.5 Å². The SMILES string of the molecule is COc1cc(NC(C)c2ccncc2)c(Br)cc1Br. The highest BCUT2D eigenvalue weighted by Crippen LogP contribution is 2.36. The fourth-order valence-corrected chi connectivity index (χ4v) is 3.04. The van der Waals surface area contributed by atoms with Crippen molar-refractivity contribution < 1.29 is 4.74 Å². The molecule has 0 radical (unpaired) electrons. The van der Waals surface area contributed by atoms with Crippen LogP contribution in [0.25, 0.3) is 0 Å². The number of aromatic nitrogens is 1. The average molecular weight is 386 g/mol. The van der Waals surface area contributed by atoms with Crippen LogP contribution in [0.5, 0.6) is 5.75 Å². The van der Waals surface area contributed by atoms with E-state index in [1.165, 1.54) is 5.56 Å². The van der Waals surface area contributed by atoms with Crippen molar-refractivity contribution in [2.75, 3.05) is 12.4 Å². The van der Waals surface area contributed by atoms with E-state index in [-0.39, 0.29) is 6.04 Å². The predicted octanol–water partition coefficient (Wildman–Crippen LogP) is 4.79. The van der Waals surface area contributed by atoms with Crippen molar-refractivity contribution in [2.45, 2.75) is 13.0 Å². The number of nitrogens with zero attached hydrogens (tertiary/aromatic N) is 1. The van der Waals surface area contributed by atoms with Crippen LogP contribution in [0.2, 0.25) is 0 Å². The van der Waals surface area contributed by atoms with Crippen molar-refractivity contribution in [1.82, 2.24) is 4.98 Å². The molecule has 1 unspecified atom stereocenters. The first kappa shape index (κ1) is 14.3. The number of hydrogen-bond acceptors (Lipinski definition) is 3. The highest BCUT2D eigenvalue weighted by Gasteiger charge is 2.10. The molecule has 0 spiro atoms. The number of benzene rings is 1. The lowest BCUT2D eigenvalue weighted by Crippen LogP contribution is -2.07. The molecular weight excluding hydrogens is 372 g/mol. The van der Waals surface area contributed by atoms with Crippen molar-refractivity contribution in [3.05, 3.63) is 51.2 Å². The zero-order valence-corrected chi connectivity index (χ0v) is 13.8. The summed E-state index contributed by atoms with van der Waals surface area (Å²) in [5, 5.41) is 3.45. The molecule has 0 saturated carbocycles. The van der Waals surface area contributed by atoms with Crippen molar-refractivity contribution in [3.63, 3.8) is 0 Å². The number of hydrogen-bond donors (Lipinski definition) is 1. The molecule has 100 valence electrons. The normalized spacial score (nSPS) is 12.0. The highest BCUT2D eigenvalue weighted by molar-refractivity contribution is 9.11. The molecule has 3 nitrogen and oxygen atoms in total. The van der Waals surface area contributed by atoms with Crippen LogP contribution in [-0.4, -0.2) is 12.1 Å². The second kappa shape index (κ2) is 6.39. The van der Waals surface area contributed by atoms with E-state index in [1.54, 1.807) is 19.5 Å². The molecule has 0 bridgehead atoms. The summed E-state index contributed by atoms with van der Waals surface area (Å²) in [7, 11) is 1.66. The van der Waals surface area contributed by atoms with Gasteiger partial charge in [-0.25, -0.2) is 0 Å². The van der Waals surface area contributed by atoms with Gasteiger partial charge in [-0.1, -0.05) is 0 Å². The summed E-state index contributed by atoms with van der Waals surface area (Å²) in [5.41, 5.74) is 2.17. The van der Waals surface area contributed by atoms with E-state index < -0.39 is 0 Å². The van der Waals surface area contributed by atoms with Gasteiger partial charge < -0.3 is 10.1 Å². The topological polar surface area (TPSA) is 34.1 Å². The Morgan fingerprint density at radius 2 is 1.84 bits per heavy atom. The van der Waals surface area contributed by atoms with E-state index in [0.717, 1.165) is 20.4 Å². The Bertz CT molecular complexity index is 561. The van der Waals surface area contributed by atoms with Gasteiger partial charge in [-0.05, 0) is 62.5 Å². The smallest absolute Gasteiger partial charge is 0.135 e. The van der Waals surface area contributed by atoms with Crippen LogP contribution in [-0.2, 0) is 0 Å². The van der Waals surface area contributed by atoms with Gasteiger partial charge in [0.2, 0.25) is 0 Å². The van der Waals surface area contributed by atoms with E-state index in [0.29, 0.717) is 0 Å². The third-order valence-electron chi connectivity index (χ3n) is 2.82. The second-order valence-electron chi connectivity index (χ2n) is 4.11. The Hall–Kier alpha value is -1.07. The van der Waals surface area contributed by atoms with Crippen LogP contribution >= 0.6 is 31.9 Å². The van der Waals surface area contributed by atoms with Crippen LogP contribution in [0.3, 0.4) is 0 Å². The van der Waals surface area contributed by atoms with Gasteiger partial charge in [0.1, 0.15) is 5.75 Å². The molecule has 0 aliphatic rings. The Kier molecular flexibility index (Phi) is 4.82. The van der Waals surface area contributed by atoms with Crippen LogP contribution in [0.4, 0.5) is 5.69 Å². The molecule has 2 aromatic rings. The maximum Gasteiger partial charge on any atom is 0.135 e. The van der Waals surface area contributed by atoms with Crippen LogP contribution in [0, 0.1) is 0 Å². The average Bonchev–Trinajstić information content (AvgIpc) is 2.42. The van der Waals surface area contributed by atoms with Gasteiger partial charge >= 0.3 is 0 Å². The standard InChI is InChI=1S/C14H14Br2N2O/c1-9(10-3-5-17-6-4-10)18-13-8-14(19-2)12(16)7-11(13)15/h3-9,18H,1-2H3. The van der Waals surface area contributed by atoms with Gasteiger partial charge in [0.15, 0.2) is 0 Å². The lowest BCUT2D eigenvalue weighted by atomic mass is 10.1. The summed E-state index contributed by atoms with van der Waals surface area (Å²) in [6.45, 7) is 2.11. The maximum atomic E-state index is 5.31. The Morgan fingerprint density at radius 3 is 2.47 bits per heavy atom. The predicted molar refractivity (Wildman–Crippen MR) is 84.7 cm³/mol. The molecule has 0 aliphatic heterocycles. The number of halogens is 2. The van der Waals surface area contributed by atoms with E-state index in [9.17, 15) is 0 Å². The summed E-state index contributed by atoms with van der Waals surface area (Å²) in [5.74, 6) is 0.799. The van der Waals surface area contributed by atoms with Crippen molar-refractivity contribution in [3.8, 4) is 5.75 Å². The van der Waals surface area contributed by atoms with Crippen molar-refractivity contribution in [1.29, 1.82) is 0 Å². The highest BCUT2D eigenvalue weighted by atomic mass is 79.9. The van der Waals surface area contributed by atoms with E-state index in [1.807, 2.05) is 24.3 Å². The summed E-state index contributed by atoms with van der Waals surface area (Å²) in [4.78, 5) is 4.03. The summed E-state index contributed by atoms with van der Waals surface area (Å²) >= 11 is 7.01. The monoisotopic (exact) mass is 384 g/mol. The van der Waals surface area contributed by atoms with Gasteiger partial charge in [0.25, 0.3) is 0 Å². The molecule has 0 saturated heterocycles. The lowest BCUT2D eigenvalue weighted by molar-refractivity contribution is 0.412. The summed E-state index contributed by atoms with van der Waals surface area (Å²) in [6, 6.07) is 8.13. The van der Waals surface area contributed by atoms with Gasteiger partial charge in [-0.2, -0.15) is 0 Å². The minimum Gasteiger partial charge on any atom is -0.495 e. The molecule has 1 aromatic carbocycles. The largest absolute Gasteiger partial charge is 0.495 e. The first-order valence-electron chi connectivity index (χ1n) is 5.81. The zero-order valence-electron chi connectivity index (χ0n) is 10.7. The third kappa shape index (κ3) is 3.48. The Labute approximate surface area is 129 Å². The first-order valence-corrected chi connectivity index (χ1v) is 7.40. The fraction of sp³-hybridized carbons (Fsp3) is 0.214. The maximum absolute atomic E-state index is 5.31. The van der Waals surface area contributed by atoms with Crippen LogP contribution < -0.4 is 10.1 Å². The lowest BCUT2D eigenvalue weighted by Gasteiger charge is -2.18. The number of pyridine rings is 1. The van der Waals surface area contributed by atoms with Crippen LogP contribution in [0.1, 0.15) is 18.5 Å². The van der Waals surface area contributed by atoms with Gasteiger partial charge in [-0.3, -0.25) is 4.98 Å².